The molecule has 0 radical (unpaired) electrons. The smallest absolute Gasteiger partial charge is 0.329 e. The highest BCUT2D eigenvalue weighted by atomic mass is 35.5. The van der Waals surface area contributed by atoms with Gasteiger partial charge in [-0.15, -0.1) is 0 Å². The fraction of sp³-hybridized carbons (Fsp3) is 0.200. The lowest BCUT2D eigenvalue weighted by Gasteiger charge is -2.09. The van der Waals surface area contributed by atoms with Gasteiger partial charge < -0.3 is 15.2 Å². The Morgan fingerprint density at radius 2 is 2.31 bits per heavy atom. The second kappa shape index (κ2) is 4.02. The van der Waals surface area contributed by atoms with E-state index in [2.05, 4.69) is 5.32 Å². The van der Waals surface area contributed by atoms with E-state index in [9.17, 15) is 9.59 Å². The molecule has 0 saturated carbocycles. The van der Waals surface area contributed by atoms with E-state index in [0.717, 1.165) is 0 Å². The van der Waals surface area contributed by atoms with E-state index >= 15 is 0 Å². The van der Waals surface area contributed by atoms with Gasteiger partial charge in [0.1, 0.15) is 6.61 Å². The number of carboxylic acids is 1. The van der Waals surface area contributed by atoms with Crippen LogP contribution in [0.25, 0.3) is 0 Å². The summed E-state index contributed by atoms with van der Waals surface area (Å²) in [7, 11) is 0. The number of ether oxygens (including phenoxy) is 1. The lowest BCUT2D eigenvalue weighted by atomic mass is 10.2. The van der Waals surface area contributed by atoms with Crippen LogP contribution in [0.4, 0.5) is 0 Å². The number of halogens is 1. The van der Waals surface area contributed by atoms with Gasteiger partial charge in [-0.3, -0.25) is 4.79 Å². The first-order valence-electron chi connectivity index (χ1n) is 4.54. The molecule has 0 saturated heterocycles. The van der Waals surface area contributed by atoms with E-state index in [-0.39, 0.29) is 17.9 Å². The Morgan fingerprint density at radius 3 is 3.00 bits per heavy atom. The molecule has 1 unspecified atom stereocenters. The van der Waals surface area contributed by atoms with Crippen LogP contribution in [-0.4, -0.2) is 29.6 Å². The molecule has 0 fully saturated rings. The van der Waals surface area contributed by atoms with Crippen molar-refractivity contribution in [2.24, 2.45) is 0 Å². The van der Waals surface area contributed by atoms with E-state index in [1.165, 1.54) is 6.07 Å². The van der Waals surface area contributed by atoms with Crippen LogP contribution in [0.1, 0.15) is 10.4 Å². The molecule has 0 spiro atoms. The highest BCUT2D eigenvalue weighted by molar-refractivity contribution is 6.32. The minimum Gasteiger partial charge on any atom is -0.488 e. The van der Waals surface area contributed by atoms with Gasteiger partial charge in [0.15, 0.2) is 11.8 Å². The number of hydrogen-bond donors (Lipinski definition) is 2. The lowest BCUT2D eigenvalue weighted by molar-refractivity contribution is -0.139. The quantitative estimate of drug-likeness (QED) is 0.767. The monoisotopic (exact) mass is 241 g/mol. The molecule has 1 aromatic carbocycles. The number of carbonyl (C=O) groups excluding carboxylic acids is 1. The van der Waals surface area contributed by atoms with Crippen molar-refractivity contribution >= 4 is 23.5 Å². The third-order valence-corrected chi connectivity index (χ3v) is 2.51. The van der Waals surface area contributed by atoms with Gasteiger partial charge >= 0.3 is 5.97 Å². The molecule has 2 N–H and O–H groups in total. The Labute approximate surface area is 96.0 Å². The van der Waals surface area contributed by atoms with Crippen LogP contribution in [0.2, 0.25) is 5.02 Å². The van der Waals surface area contributed by atoms with Gasteiger partial charge in [-0.25, -0.2) is 4.79 Å². The Bertz CT molecular complexity index is 460. The molecule has 1 amide bonds. The number of carboxylic acid groups (broad SMARTS) is 1. The summed E-state index contributed by atoms with van der Waals surface area (Å²) in [6, 6.07) is 3.65. The number of rotatable bonds is 1. The Kier molecular flexibility index (Phi) is 2.70. The van der Waals surface area contributed by atoms with E-state index in [0.29, 0.717) is 5.02 Å². The maximum Gasteiger partial charge on any atom is 0.329 e. The first kappa shape index (κ1) is 10.8. The first-order valence-corrected chi connectivity index (χ1v) is 4.92. The predicted octanol–water partition coefficient (Wildman–Crippen LogP) is 0.915. The van der Waals surface area contributed by atoms with Crippen LogP contribution in [0.15, 0.2) is 18.2 Å². The standard InChI is InChI=1S/C10H8ClNO4/c11-6-3-1-2-5-8(6)16-4-7(10(14)15)12-9(5)13/h1-3,7H,4H2,(H,12,13)(H,14,15). The second-order valence-corrected chi connectivity index (χ2v) is 3.70. The fourth-order valence-corrected chi connectivity index (χ4v) is 1.64. The number of para-hydroxylation sites is 1. The summed E-state index contributed by atoms with van der Waals surface area (Å²) in [5, 5.41) is 11.4. The van der Waals surface area contributed by atoms with E-state index in [4.69, 9.17) is 21.4 Å². The minimum absolute atomic E-state index is 0.141. The predicted molar refractivity (Wildman–Crippen MR) is 55.8 cm³/mol. The van der Waals surface area contributed by atoms with Crippen molar-refractivity contribution in [2.45, 2.75) is 6.04 Å². The molecule has 6 heteroatoms. The Balaban J connectivity index is 2.39. The second-order valence-electron chi connectivity index (χ2n) is 3.29. The number of carbonyl (C=O) groups is 2. The molecule has 0 bridgehead atoms. The first-order chi connectivity index (χ1) is 7.59. The SMILES string of the molecule is O=C1NC(C(=O)O)COc2c(Cl)cccc21. The topological polar surface area (TPSA) is 75.6 Å². The molecule has 1 aliphatic rings. The van der Waals surface area contributed by atoms with Gasteiger partial charge in [0.05, 0.1) is 10.6 Å². The normalized spacial score (nSPS) is 19.1. The van der Waals surface area contributed by atoms with Crippen LogP contribution in [-0.2, 0) is 4.79 Å². The summed E-state index contributed by atoms with van der Waals surface area (Å²) >= 11 is 5.85. The van der Waals surface area contributed by atoms with Crippen molar-refractivity contribution in [1.29, 1.82) is 0 Å². The highest BCUT2D eigenvalue weighted by Gasteiger charge is 2.28. The van der Waals surface area contributed by atoms with Gasteiger partial charge in [0.2, 0.25) is 0 Å². The van der Waals surface area contributed by atoms with Gasteiger partial charge in [0.25, 0.3) is 5.91 Å². The molecular formula is C10H8ClNO4. The van der Waals surface area contributed by atoms with Crippen molar-refractivity contribution in [3.05, 3.63) is 28.8 Å². The number of amides is 1. The number of benzene rings is 1. The van der Waals surface area contributed by atoms with Gasteiger partial charge in [-0.05, 0) is 12.1 Å². The van der Waals surface area contributed by atoms with Crippen LogP contribution >= 0.6 is 11.6 Å². The van der Waals surface area contributed by atoms with E-state index in [1.807, 2.05) is 0 Å². The van der Waals surface area contributed by atoms with Crippen molar-refractivity contribution in [1.82, 2.24) is 5.32 Å². The van der Waals surface area contributed by atoms with Crippen LogP contribution < -0.4 is 10.1 Å². The molecule has 1 aromatic rings. The molecule has 1 aliphatic heterocycles. The summed E-state index contributed by atoms with van der Waals surface area (Å²) in [5.74, 6) is -1.41. The van der Waals surface area contributed by atoms with Gasteiger partial charge in [-0.2, -0.15) is 0 Å². The fourth-order valence-electron chi connectivity index (χ4n) is 1.41. The lowest BCUT2D eigenvalue weighted by Crippen LogP contribution is -2.42. The van der Waals surface area contributed by atoms with Crippen molar-refractivity contribution in [3.63, 3.8) is 0 Å². The maximum atomic E-state index is 11.7. The number of nitrogens with one attached hydrogen (secondary N) is 1. The molecule has 0 aliphatic carbocycles. The van der Waals surface area contributed by atoms with Gasteiger partial charge in [0, 0.05) is 0 Å². The Morgan fingerprint density at radius 1 is 1.56 bits per heavy atom. The minimum atomic E-state index is -1.14. The molecule has 2 rings (SSSR count). The molecule has 1 heterocycles. The summed E-state index contributed by atoms with van der Waals surface area (Å²) in [4.78, 5) is 22.4. The van der Waals surface area contributed by atoms with E-state index < -0.39 is 17.9 Å². The molecule has 1 atom stereocenters. The molecule has 5 nitrogen and oxygen atoms in total. The number of fused-ring (bicyclic) bond motifs is 1. The largest absolute Gasteiger partial charge is 0.488 e. The summed E-state index contributed by atoms with van der Waals surface area (Å²) < 4.78 is 5.23. The van der Waals surface area contributed by atoms with Crippen molar-refractivity contribution < 1.29 is 19.4 Å². The highest BCUT2D eigenvalue weighted by Crippen LogP contribution is 2.30. The summed E-state index contributed by atoms with van der Waals surface area (Å²) in [6.07, 6.45) is 0. The van der Waals surface area contributed by atoms with Crippen molar-refractivity contribution in [3.8, 4) is 5.75 Å². The van der Waals surface area contributed by atoms with E-state index in [1.54, 1.807) is 12.1 Å². The number of aliphatic carboxylic acids is 1. The zero-order valence-electron chi connectivity index (χ0n) is 8.07. The molecule has 0 aromatic heterocycles. The zero-order chi connectivity index (χ0) is 11.7. The molecule has 16 heavy (non-hydrogen) atoms. The average molecular weight is 242 g/mol. The van der Waals surface area contributed by atoms with Crippen LogP contribution in [0.5, 0.6) is 5.75 Å². The van der Waals surface area contributed by atoms with Gasteiger partial charge in [-0.1, -0.05) is 17.7 Å². The zero-order valence-corrected chi connectivity index (χ0v) is 8.82. The Hall–Kier alpha value is -1.75. The van der Waals surface area contributed by atoms with Crippen LogP contribution in [0, 0.1) is 0 Å². The third kappa shape index (κ3) is 1.81. The molecule has 84 valence electrons. The maximum absolute atomic E-state index is 11.7. The average Bonchev–Trinajstić information content (AvgIpc) is 2.40. The van der Waals surface area contributed by atoms with Crippen LogP contribution in [0.3, 0.4) is 0 Å². The number of hydrogen-bond acceptors (Lipinski definition) is 3. The third-order valence-electron chi connectivity index (χ3n) is 2.21. The summed E-state index contributed by atoms with van der Waals surface area (Å²) in [5.41, 5.74) is 0.247. The van der Waals surface area contributed by atoms with Crippen molar-refractivity contribution in [2.75, 3.05) is 6.61 Å². The molecular weight excluding hydrogens is 234 g/mol. The summed E-state index contributed by atoms with van der Waals surface area (Å²) in [6.45, 7) is -0.141.